The Kier molecular flexibility index (Phi) is 5.99. The number of nitrogens with zero attached hydrogens (tertiary/aromatic N) is 2. The molecule has 0 aliphatic rings. The Balaban J connectivity index is 2.67. The highest BCUT2D eigenvalue weighted by molar-refractivity contribution is 6.39. The quantitative estimate of drug-likeness (QED) is 0.771. The zero-order valence-electron chi connectivity index (χ0n) is 12.1. The fraction of sp³-hybridized carbons (Fsp3) is 0.429. The fourth-order valence-electron chi connectivity index (χ4n) is 1.70. The second-order valence-electron chi connectivity index (χ2n) is 4.50. The first kappa shape index (κ1) is 16.0. The molecule has 0 saturated heterocycles. The van der Waals surface area contributed by atoms with E-state index in [1.54, 1.807) is 19.1 Å². The van der Waals surface area contributed by atoms with Gasteiger partial charge in [-0.05, 0) is 31.2 Å². The Hall–Kier alpha value is -2.08. The van der Waals surface area contributed by atoms with Crippen LogP contribution >= 0.6 is 0 Å². The molecule has 0 aliphatic heterocycles. The Bertz CT molecular complexity index is 457. The zero-order chi connectivity index (χ0) is 15.1. The molecule has 2 N–H and O–H groups in total. The summed E-state index contributed by atoms with van der Waals surface area (Å²) in [4.78, 5) is 26.9. The van der Waals surface area contributed by atoms with Gasteiger partial charge >= 0.3 is 11.8 Å². The number of amides is 2. The summed E-state index contributed by atoms with van der Waals surface area (Å²) in [7, 11) is 3.84. The van der Waals surface area contributed by atoms with Crippen molar-refractivity contribution in [2.75, 3.05) is 44.0 Å². The van der Waals surface area contributed by atoms with Gasteiger partial charge in [0.2, 0.25) is 0 Å². The van der Waals surface area contributed by atoms with Crippen molar-refractivity contribution in [3.63, 3.8) is 0 Å². The van der Waals surface area contributed by atoms with Gasteiger partial charge in [-0.15, -0.1) is 0 Å². The van der Waals surface area contributed by atoms with E-state index in [1.165, 1.54) is 4.90 Å². The molecule has 0 radical (unpaired) electrons. The Morgan fingerprint density at radius 1 is 1.20 bits per heavy atom. The molecule has 1 rings (SSSR count). The summed E-state index contributed by atoms with van der Waals surface area (Å²) in [5, 5.41) is 11.4. The van der Waals surface area contributed by atoms with Crippen LogP contribution in [0.1, 0.15) is 6.92 Å². The average Bonchev–Trinajstić information content (AvgIpc) is 2.44. The largest absolute Gasteiger partial charge is 0.395 e. The molecule has 0 heterocycles. The molecule has 1 aromatic rings. The Labute approximate surface area is 119 Å². The highest BCUT2D eigenvalue weighted by atomic mass is 16.3. The van der Waals surface area contributed by atoms with Gasteiger partial charge < -0.3 is 20.2 Å². The highest BCUT2D eigenvalue weighted by Gasteiger charge is 2.20. The lowest BCUT2D eigenvalue weighted by Gasteiger charge is -2.19. The molecule has 0 atom stereocenters. The molecule has 110 valence electrons. The van der Waals surface area contributed by atoms with Crippen LogP contribution in [-0.2, 0) is 9.59 Å². The topological polar surface area (TPSA) is 72.9 Å². The molecule has 1 aromatic carbocycles. The lowest BCUT2D eigenvalue weighted by atomic mass is 10.2. The number of carbonyl (C=O) groups excluding carboxylic acids is 2. The molecule has 0 saturated carbocycles. The minimum absolute atomic E-state index is 0.155. The van der Waals surface area contributed by atoms with Crippen LogP contribution < -0.4 is 10.2 Å². The molecule has 6 nitrogen and oxygen atoms in total. The summed E-state index contributed by atoms with van der Waals surface area (Å²) in [6.45, 7) is 2.13. The summed E-state index contributed by atoms with van der Waals surface area (Å²) in [6, 6.07) is 7.18. The third-order valence-electron chi connectivity index (χ3n) is 2.87. The number of aliphatic hydroxyl groups is 1. The van der Waals surface area contributed by atoms with Crippen LogP contribution in [0.25, 0.3) is 0 Å². The van der Waals surface area contributed by atoms with E-state index in [1.807, 2.05) is 31.1 Å². The van der Waals surface area contributed by atoms with Gasteiger partial charge in [0.15, 0.2) is 0 Å². The second kappa shape index (κ2) is 7.49. The van der Waals surface area contributed by atoms with Crippen molar-refractivity contribution in [1.82, 2.24) is 4.90 Å². The van der Waals surface area contributed by atoms with E-state index in [2.05, 4.69) is 5.32 Å². The van der Waals surface area contributed by atoms with Gasteiger partial charge in [-0.1, -0.05) is 0 Å². The van der Waals surface area contributed by atoms with E-state index >= 15 is 0 Å². The standard InChI is InChI=1S/C14H21N3O3/c1-4-17(9-10-18)14(20)13(19)15-11-5-7-12(8-6-11)16(2)3/h5-8,18H,4,9-10H2,1-3H3,(H,15,19). The van der Waals surface area contributed by atoms with Crippen LogP contribution in [0.15, 0.2) is 24.3 Å². The fourth-order valence-corrected chi connectivity index (χ4v) is 1.70. The lowest BCUT2D eigenvalue weighted by Crippen LogP contribution is -2.41. The van der Waals surface area contributed by atoms with E-state index in [-0.39, 0.29) is 13.2 Å². The lowest BCUT2D eigenvalue weighted by molar-refractivity contribution is -0.143. The summed E-state index contributed by atoms with van der Waals surface area (Å²) < 4.78 is 0. The minimum Gasteiger partial charge on any atom is -0.395 e. The number of anilines is 2. The van der Waals surface area contributed by atoms with E-state index in [0.29, 0.717) is 12.2 Å². The predicted molar refractivity (Wildman–Crippen MR) is 78.7 cm³/mol. The molecule has 0 aromatic heterocycles. The van der Waals surface area contributed by atoms with Crippen LogP contribution in [0, 0.1) is 0 Å². The van der Waals surface area contributed by atoms with Crippen molar-refractivity contribution in [2.45, 2.75) is 6.92 Å². The number of rotatable bonds is 5. The van der Waals surface area contributed by atoms with Crippen molar-refractivity contribution in [3.8, 4) is 0 Å². The van der Waals surface area contributed by atoms with Gasteiger partial charge in [0.25, 0.3) is 0 Å². The molecule has 20 heavy (non-hydrogen) atoms. The number of aliphatic hydroxyl groups excluding tert-OH is 1. The molecule has 0 bridgehead atoms. The van der Waals surface area contributed by atoms with Crippen molar-refractivity contribution in [3.05, 3.63) is 24.3 Å². The SMILES string of the molecule is CCN(CCO)C(=O)C(=O)Nc1ccc(N(C)C)cc1. The maximum Gasteiger partial charge on any atom is 0.313 e. The van der Waals surface area contributed by atoms with Gasteiger partial charge in [0.1, 0.15) is 0 Å². The predicted octanol–water partition coefficient (Wildman–Crippen LogP) is 0.532. The van der Waals surface area contributed by atoms with Crippen LogP contribution in [-0.4, -0.2) is 55.6 Å². The van der Waals surface area contributed by atoms with Crippen molar-refractivity contribution >= 4 is 23.2 Å². The molecule has 0 aliphatic carbocycles. The molecule has 0 unspecified atom stereocenters. The molecular formula is C14H21N3O3. The van der Waals surface area contributed by atoms with Crippen LogP contribution in [0.5, 0.6) is 0 Å². The first-order valence-electron chi connectivity index (χ1n) is 6.48. The van der Waals surface area contributed by atoms with Crippen molar-refractivity contribution < 1.29 is 14.7 Å². The molecule has 0 fully saturated rings. The van der Waals surface area contributed by atoms with Crippen molar-refractivity contribution in [2.24, 2.45) is 0 Å². The summed E-state index contributed by atoms with van der Waals surface area (Å²) in [5.41, 5.74) is 1.57. The van der Waals surface area contributed by atoms with Gasteiger partial charge in [-0.2, -0.15) is 0 Å². The van der Waals surface area contributed by atoms with Gasteiger partial charge in [0, 0.05) is 38.6 Å². The van der Waals surface area contributed by atoms with Gasteiger partial charge in [-0.25, -0.2) is 0 Å². The number of hydrogen-bond donors (Lipinski definition) is 2. The van der Waals surface area contributed by atoms with Crippen LogP contribution in [0.3, 0.4) is 0 Å². The van der Waals surface area contributed by atoms with Gasteiger partial charge in [0.05, 0.1) is 6.61 Å². The third kappa shape index (κ3) is 4.24. The van der Waals surface area contributed by atoms with Crippen LogP contribution in [0.4, 0.5) is 11.4 Å². The first-order valence-corrected chi connectivity index (χ1v) is 6.48. The normalized spacial score (nSPS) is 10.0. The van der Waals surface area contributed by atoms with Crippen molar-refractivity contribution in [1.29, 1.82) is 0 Å². The van der Waals surface area contributed by atoms with Gasteiger partial charge in [-0.3, -0.25) is 9.59 Å². The number of carbonyl (C=O) groups is 2. The Morgan fingerprint density at radius 3 is 2.25 bits per heavy atom. The molecule has 6 heteroatoms. The summed E-state index contributed by atoms with van der Waals surface area (Å²) in [5.74, 6) is -1.34. The Morgan fingerprint density at radius 2 is 1.80 bits per heavy atom. The zero-order valence-corrected chi connectivity index (χ0v) is 12.1. The average molecular weight is 279 g/mol. The maximum atomic E-state index is 11.8. The van der Waals surface area contributed by atoms with E-state index in [9.17, 15) is 9.59 Å². The summed E-state index contributed by atoms with van der Waals surface area (Å²) in [6.07, 6.45) is 0. The van der Waals surface area contributed by atoms with E-state index < -0.39 is 11.8 Å². The molecule has 2 amide bonds. The van der Waals surface area contributed by atoms with Crippen LogP contribution in [0.2, 0.25) is 0 Å². The number of hydrogen-bond acceptors (Lipinski definition) is 4. The minimum atomic E-state index is -0.696. The maximum absolute atomic E-state index is 11.8. The number of benzene rings is 1. The monoisotopic (exact) mass is 279 g/mol. The molecule has 0 spiro atoms. The second-order valence-corrected chi connectivity index (χ2v) is 4.50. The number of likely N-dealkylation sites (N-methyl/N-ethyl adjacent to an activating group) is 1. The van der Waals surface area contributed by atoms with E-state index in [4.69, 9.17) is 5.11 Å². The first-order chi connectivity index (χ1) is 9.49. The summed E-state index contributed by atoms with van der Waals surface area (Å²) >= 11 is 0. The van der Waals surface area contributed by atoms with E-state index in [0.717, 1.165) is 5.69 Å². The molecular weight excluding hydrogens is 258 g/mol. The smallest absolute Gasteiger partial charge is 0.313 e. The highest BCUT2D eigenvalue weighted by Crippen LogP contribution is 2.15. The number of nitrogens with one attached hydrogen (secondary N) is 1. The third-order valence-corrected chi connectivity index (χ3v) is 2.87.